The summed E-state index contributed by atoms with van der Waals surface area (Å²) in [7, 11) is 1.43. The molecule has 1 aromatic carbocycles. The van der Waals surface area contributed by atoms with Gasteiger partial charge in [0.15, 0.2) is 6.04 Å². The highest BCUT2D eigenvalue weighted by Crippen LogP contribution is 2.35. The molecule has 1 fully saturated rings. The second-order valence-corrected chi connectivity index (χ2v) is 7.76. The van der Waals surface area contributed by atoms with Gasteiger partial charge in [0.2, 0.25) is 5.91 Å². The van der Waals surface area contributed by atoms with Crippen LogP contribution in [0.15, 0.2) is 41.8 Å². The third-order valence-electron chi connectivity index (χ3n) is 4.83. The summed E-state index contributed by atoms with van der Waals surface area (Å²) in [6.07, 6.45) is -1.67. The average Bonchev–Trinajstić information content (AvgIpc) is 3.39. The van der Waals surface area contributed by atoms with Crippen LogP contribution in [-0.4, -0.2) is 31.1 Å². The summed E-state index contributed by atoms with van der Waals surface area (Å²) < 4.78 is 45.4. The fourth-order valence-corrected chi connectivity index (χ4v) is 4.25. The Morgan fingerprint density at radius 3 is 2.34 bits per heavy atom. The van der Waals surface area contributed by atoms with Gasteiger partial charge in [-0.3, -0.25) is 14.5 Å². The number of halogens is 3. The number of benzene rings is 1. The summed E-state index contributed by atoms with van der Waals surface area (Å²) >= 11 is 1.13. The van der Waals surface area contributed by atoms with Gasteiger partial charge >= 0.3 is 12.1 Å². The first-order valence-electron chi connectivity index (χ1n) is 9.19. The smallest absolute Gasteiger partial charge is 0.471 e. The van der Waals surface area contributed by atoms with Gasteiger partial charge in [0.1, 0.15) is 5.75 Å². The number of amides is 2. The van der Waals surface area contributed by atoms with Crippen LogP contribution in [0.5, 0.6) is 5.75 Å². The van der Waals surface area contributed by atoms with Crippen LogP contribution in [-0.2, 0) is 9.59 Å². The molecular formula is C20H21F3N2O3S. The summed E-state index contributed by atoms with van der Waals surface area (Å²) in [5.41, 5.74) is -0.0342. The lowest BCUT2D eigenvalue weighted by atomic mass is 10.1. The van der Waals surface area contributed by atoms with Crippen LogP contribution in [0, 0.1) is 0 Å². The van der Waals surface area contributed by atoms with E-state index in [0.29, 0.717) is 15.5 Å². The van der Waals surface area contributed by atoms with Gasteiger partial charge in [0.05, 0.1) is 7.11 Å². The molecule has 1 aromatic heterocycles. The van der Waals surface area contributed by atoms with Crippen LogP contribution in [0.25, 0.3) is 0 Å². The van der Waals surface area contributed by atoms with E-state index >= 15 is 0 Å². The van der Waals surface area contributed by atoms with E-state index in [-0.39, 0.29) is 11.7 Å². The highest BCUT2D eigenvalue weighted by atomic mass is 32.1. The van der Waals surface area contributed by atoms with Gasteiger partial charge < -0.3 is 10.1 Å². The molecule has 0 bridgehead atoms. The van der Waals surface area contributed by atoms with Crippen LogP contribution < -0.4 is 15.0 Å². The highest BCUT2D eigenvalue weighted by molar-refractivity contribution is 7.10. The van der Waals surface area contributed by atoms with Crippen LogP contribution >= 0.6 is 11.3 Å². The van der Waals surface area contributed by atoms with E-state index in [4.69, 9.17) is 4.74 Å². The van der Waals surface area contributed by atoms with Crippen molar-refractivity contribution in [2.24, 2.45) is 0 Å². The van der Waals surface area contributed by atoms with Crippen LogP contribution in [0.3, 0.4) is 0 Å². The van der Waals surface area contributed by atoms with Crippen molar-refractivity contribution in [1.82, 2.24) is 5.32 Å². The summed E-state index contributed by atoms with van der Waals surface area (Å²) in [6.45, 7) is 0. The molecule has 1 N–H and O–H groups in total. The molecule has 0 aliphatic heterocycles. The second kappa shape index (κ2) is 8.86. The maximum atomic E-state index is 13.5. The van der Waals surface area contributed by atoms with E-state index in [9.17, 15) is 22.8 Å². The molecule has 156 valence electrons. The van der Waals surface area contributed by atoms with E-state index in [0.717, 1.165) is 37.0 Å². The Balaban J connectivity index is 2.03. The number of methoxy groups -OCH3 is 1. The van der Waals surface area contributed by atoms with Gasteiger partial charge in [-0.05, 0) is 48.6 Å². The molecule has 1 heterocycles. The molecule has 29 heavy (non-hydrogen) atoms. The van der Waals surface area contributed by atoms with Crippen molar-refractivity contribution < 1.29 is 27.5 Å². The Morgan fingerprint density at radius 1 is 1.17 bits per heavy atom. The Bertz CT molecular complexity index is 832. The van der Waals surface area contributed by atoms with Crippen molar-refractivity contribution in [1.29, 1.82) is 0 Å². The number of hydrogen-bond donors (Lipinski definition) is 1. The van der Waals surface area contributed by atoms with Crippen molar-refractivity contribution in [2.75, 3.05) is 12.0 Å². The van der Waals surface area contributed by atoms with E-state index in [1.807, 2.05) is 0 Å². The van der Waals surface area contributed by atoms with E-state index in [1.54, 1.807) is 17.5 Å². The summed E-state index contributed by atoms with van der Waals surface area (Å²) in [6, 6.07) is 7.27. The largest absolute Gasteiger partial charge is 0.497 e. The lowest BCUT2D eigenvalue weighted by Crippen LogP contribution is -2.50. The third kappa shape index (κ3) is 4.90. The van der Waals surface area contributed by atoms with Crippen molar-refractivity contribution in [3.8, 4) is 5.75 Å². The zero-order chi connectivity index (χ0) is 21.0. The number of anilines is 1. The molecule has 2 amide bonds. The Hall–Kier alpha value is -2.55. The average molecular weight is 426 g/mol. The van der Waals surface area contributed by atoms with Gasteiger partial charge in [-0.2, -0.15) is 13.2 Å². The predicted octanol–water partition coefficient (Wildman–Crippen LogP) is 4.45. The first kappa shape index (κ1) is 21.2. The molecule has 0 spiro atoms. The molecule has 0 unspecified atom stereocenters. The molecule has 3 rings (SSSR count). The Morgan fingerprint density at radius 2 is 1.83 bits per heavy atom. The SMILES string of the molecule is COc1ccc(N(C(=O)C(F)(F)F)[C@H](C(=O)NC2CCCC2)c2cccs2)cc1. The van der Waals surface area contributed by atoms with Crippen molar-refractivity contribution in [3.63, 3.8) is 0 Å². The van der Waals surface area contributed by atoms with E-state index in [2.05, 4.69) is 5.32 Å². The summed E-state index contributed by atoms with van der Waals surface area (Å²) in [5.74, 6) is -2.29. The van der Waals surface area contributed by atoms with Crippen LogP contribution in [0.4, 0.5) is 18.9 Å². The molecule has 1 aliphatic carbocycles. The topological polar surface area (TPSA) is 58.6 Å². The minimum Gasteiger partial charge on any atom is -0.497 e. The third-order valence-corrected chi connectivity index (χ3v) is 5.76. The summed E-state index contributed by atoms with van der Waals surface area (Å²) in [4.78, 5) is 26.3. The van der Waals surface area contributed by atoms with Gasteiger partial charge in [-0.1, -0.05) is 18.9 Å². The minimum atomic E-state index is -5.14. The van der Waals surface area contributed by atoms with E-state index in [1.165, 1.54) is 31.4 Å². The van der Waals surface area contributed by atoms with Gasteiger partial charge in [0, 0.05) is 16.6 Å². The number of alkyl halides is 3. The molecule has 5 nitrogen and oxygen atoms in total. The first-order valence-corrected chi connectivity index (χ1v) is 10.1. The van der Waals surface area contributed by atoms with Crippen molar-refractivity contribution in [3.05, 3.63) is 46.7 Å². The van der Waals surface area contributed by atoms with Crippen LogP contribution in [0.2, 0.25) is 0 Å². The fraction of sp³-hybridized carbons (Fsp3) is 0.400. The number of ether oxygens (including phenoxy) is 1. The molecule has 0 radical (unpaired) electrons. The van der Waals surface area contributed by atoms with Gasteiger partial charge in [0.25, 0.3) is 0 Å². The molecule has 1 saturated carbocycles. The molecular weight excluding hydrogens is 405 g/mol. The summed E-state index contributed by atoms with van der Waals surface area (Å²) in [5, 5.41) is 4.49. The first-order chi connectivity index (χ1) is 13.8. The normalized spacial score (nSPS) is 15.7. The molecule has 1 aliphatic rings. The Labute approximate surface area is 170 Å². The lowest BCUT2D eigenvalue weighted by Gasteiger charge is -2.32. The monoisotopic (exact) mass is 426 g/mol. The minimum absolute atomic E-state index is 0.0342. The number of nitrogens with one attached hydrogen (secondary N) is 1. The molecule has 1 atom stereocenters. The number of rotatable bonds is 6. The zero-order valence-electron chi connectivity index (χ0n) is 15.7. The molecule has 2 aromatic rings. The second-order valence-electron chi connectivity index (χ2n) is 6.78. The van der Waals surface area contributed by atoms with Crippen LogP contribution in [0.1, 0.15) is 36.6 Å². The molecule has 9 heteroatoms. The zero-order valence-corrected chi connectivity index (χ0v) is 16.6. The number of carbonyl (C=O) groups is 2. The molecule has 0 saturated heterocycles. The van der Waals surface area contributed by atoms with E-state index < -0.39 is 24.0 Å². The van der Waals surface area contributed by atoms with Gasteiger partial charge in [-0.15, -0.1) is 11.3 Å². The number of thiophene rings is 1. The lowest BCUT2D eigenvalue weighted by molar-refractivity contribution is -0.171. The maximum Gasteiger partial charge on any atom is 0.471 e. The van der Waals surface area contributed by atoms with Crippen molar-refractivity contribution in [2.45, 2.75) is 43.9 Å². The standard InChI is InChI=1S/C20H21F3N2O3S/c1-28-15-10-8-14(9-11-15)25(19(27)20(21,22)23)17(16-7-4-12-29-16)18(26)24-13-5-2-3-6-13/h4,7-13,17H,2-3,5-6H2,1H3,(H,24,26)/t17-/m0/s1. The van der Waals surface area contributed by atoms with Crippen molar-refractivity contribution >= 4 is 28.8 Å². The quantitative estimate of drug-likeness (QED) is 0.742. The number of carbonyl (C=O) groups excluding carboxylic acids is 2. The Kier molecular flexibility index (Phi) is 6.46. The number of hydrogen-bond acceptors (Lipinski definition) is 4. The van der Waals surface area contributed by atoms with Gasteiger partial charge in [-0.25, -0.2) is 0 Å². The predicted molar refractivity (Wildman–Crippen MR) is 104 cm³/mol. The fourth-order valence-electron chi connectivity index (χ4n) is 3.43. The highest BCUT2D eigenvalue weighted by Gasteiger charge is 2.47. The maximum absolute atomic E-state index is 13.5. The number of nitrogens with zero attached hydrogens (tertiary/aromatic N) is 1.